The van der Waals surface area contributed by atoms with Crippen molar-refractivity contribution in [1.29, 1.82) is 0 Å². The smallest absolute Gasteiger partial charge is 0.240 e. The van der Waals surface area contributed by atoms with Crippen molar-refractivity contribution in [3.05, 3.63) is 29.3 Å². The molecule has 20 heavy (non-hydrogen) atoms. The Balaban J connectivity index is 1.93. The number of hydrogen-bond donors (Lipinski definition) is 2. The summed E-state index contributed by atoms with van der Waals surface area (Å²) in [5.74, 6) is 0. The average Bonchev–Trinajstić information content (AvgIpc) is 2.39. The molecule has 1 aliphatic rings. The third-order valence-electron chi connectivity index (χ3n) is 3.82. The minimum atomic E-state index is -3.39. The summed E-state index contributed by atoms with van der Waals surface area (Å²) in [5, 5.41) is 3.43. The van der Waals surface area contributed by atoms with Gasteiger partial charge in [0.2, 0.25) is 10.0 Å². The lowest BCUT2D eigenvalue weighted by Crippen LogP contribution is -2.37. The molecule has 1 aromatic carbocycles. The number of sulfonamides is 1. The third-order valence-corrected chi connectivity index (χ3v) is 5.44. The fourth-order valence-corrected chi connectivity index (χ4v) is 3.99. The number of hydrogen-bond acceptors (Lipinski definition) is 3. The van der Waals surface area contributed by atoms with Gasteiger partial charge in [0.25, 0.3) is 0 Å². The van der Waals surface area contributed by atoms with E-state index in [1.807, 2.05) is 26.0 Å². The van der Waals surface area contributed by atoms with Crippen LogP contribution >= 0.6 is 0 Å². The van der Waals surface area contributed by atoms with Gasteiger partial charge in [-0.3, -0.25) is 0 Å². The molecular weight excluding hydrogens is 272 g/mol. The van der Waals surface area contributed by atoms with Crippen LogP contribution in [0.4, 0.5) is 0 Å². The van der Waals surface area contributed by atoms with Gasteiger partial charge in [0.05, 0.1) is 4.90 Å². The Kier molecular flexibility index (Phi) is 5.18. The second-order valence-corrected chi connectivity index (χ2v) is 7.34. The molecule has 2 rings (SSSR count). The van der Waals surface area contributed by atoms with Gasteiger partial charge in [-0.15, -0.1) is 0 Å². The molecule has 1 unspecified atom stereocenters. The molecule has 1 atom stereocenters. The summed E-state index contributed by atoms with van der Waals surface area (Å²) < 4.78 is 27.3. The van der Waals surface area contributed by atoms with Gasteiger partial charge in [0.1, 0.15) is 0 Å². The quantitative estimate of drug-likeness (QED) is 0.875. The van der Waals surface area contributed by atoms with E-state index in [4.69, 9.17) is 0 Å². The lowest BCUT2D eigenvalue weighted by atomic mass is 10.0. The first-order chi connectivity index (χ1) is 9.49. The standard InChI is InChI=1S/C15H24N2O2S/c1-12-6-7-15(13(2)11-12)20(18,19)17-10-8-14-5-3-4-9-16-14/h6-7,11,14,16-17H,3-5,8-10H2,1-2H3. The van der Waals surface area contributed by atoms with E-state index in [-0.39, 0.29) is 0 Å². The molecule has 0 bridgehead atoms. The first-order valence-electron chi connectivity index (χ1n) is 7.29. The first-order valence-corrected chi connectivity index (χ1v) is 8.78. The van der Waals surface area contributed by atoms with E-state index in [0.29, 0.717) is 17.5 Å². The van der Waals surface area contributed by atoms with Gasteiger partial charge < -0.3 is 5.32 Å². The van der Waals surface area contributed by atoms with Crippen LogP contribution in [0.3, 0.4) is 0 Å². The maximum absolute atomic E-state index is 12.3. The highest BCUT2D eigenvalue weighted by Gasteiger charge is 2.18. The van der Waals surface area contributed by atoms with E-state index >= 15 is 0 Å². The fourth-order valence-electron chi connectivity index (χ4n) is 2.72. The SMILES string of the molecule is Cc1ccc(S(=O)(=O)NCCC2CCCCN2)c(C)c1. The number of rotatable bonds is 5. The van der Waals surface area contributed by atoms with Crippen molar-refractivity contribution in [1.82, 2.24) is 10.0 Å². The predicted molar refractivity (Wildman–Crippen MR) is 81.4 cm³/mol. The molecule has 5 heteroatoms. The fraction of sp³-hybridized carbons (Fsp3) is 0.600. The highest BCUT2D eigenvalue weighted by atomic mass is 32.2. The Labute approximate surface area is 122 Å². The first kappa shape index (κ1) is 15.5. The molecular formula is C15H24N2O2S. The highest BCUT2D eigenvalue weighted by Crippen LogP contribution is 2.16. The van der Waals surface area contributed by atoms with E-state index in [0.717, 1.165) is 30.5 Å². The lowest BCUT2D eigenvalue weighted by Gasteiger charge is -2.23. The molecule has 1 aliphatic heterocycles. The van der Waals surface area contributed by atoms with E-state index in [2.05, 4.69) is 10.0 Å². The monoisotopic (exact) mass is 296 g/mol. The lowest BCUT2D eigenvalue weighted by molar-refractivity contribution is 0.382. The van der Waals surface area contributed by atoms with Gasteiger partial charge in [-0.2, -0.15) is 0 Å². The zero-order valence-corrected chi connectivity index (χ0v) is 13.1. The van der Waals surface area contributed by atoms with Gasteiger partial charge >= 0.3 is 0 Å². The number of aryl methyl sites for hydroxylation is 2. The zero-order chi connectivity index (χ0) is 14.6. The minimum absolute atomic E-state index is 0.389. The van der Waals surface area contributed by atoms with E-state index in [1.165, 1.54) is 12.8 Å². The van der Waals surface area contributed by atoms with Crippen molar-refractivity contribution in [3.63, 3.8) is 0 Å². The molecule has 0 saturated carbocycles. The van der Waals surface area contributed by atoms with Crippen LogP contribution in [0.25, 0.3) is 0 Å². The molecule has 0 amide bonds. The third kappa shape index (κ3) is 4.04. The van der Waals surface area contributed by atoms with Crippen LogP contribution in [-0.4, -0.2) is 27.5 Å². The summed E-state index contributed by atoms with van der Waals surface area (Å²) in [7, 11) is -3.39. The Morgan fingerprint density at radius 3 is 2.75 bits per heavy atom. The highest BCUT2D eigenvalue weighted by molar-refractivity contribution is 7.89. The van der Waals surface area contributed by atoms with Gasteiger partial charge in [-0.05, 0) is 51.3 Å². The number of nitrogens with one attached hydrogen (secondary N) is 2. The van der Waals surface area contributed by atoms with Gasteiger partial charge in [0.15, 0.2) is 0 Å². The second kappa shape index (κ2) is 6.70. The normalized spacial score (nSPS) is 20.0. The summed E-state index contributed by atoms with van der Waals surface area (Å²) in [6, 6.07) is 5.87. The summed E-state index contributed by atoms with van der Waals surface area (Å²) in [5.41, 5.74) is 1.88. The van der Waals surface area contributed by atoms with Crippen LogP contribution < -0.4 is 10.0 Å². The molecule has 1 fully saturated rings. The van der Waals surface area contributed by atoms with Crippen molar-refractivity contribution in [2.24, 2.45) is 0 Å². The Hall–Kier alpha value is -0.910. The van der Waals surface area contributed by atoms with Crippen molar-refractivity contribution < 1.29 is 8.42 Å². The van der Waals surface area contributed by atoms with Crippen LogP contribution in [0, 0.1) is 13.8 Å². The van der Waals surface area contributed by atoms with E-state index in [9.17, 15) is 8.42 Å². The number of benzene rings is 1. The summed E-state index contributed by atoms with van der Waals surface area (Å²) >= 11 is 0. The van der Waals surface area contributed by atoms with E-state index < -0.39 is 10.0 Å². The molecule has 1 saturated heterocycles. The maximum atomic E-state index is 12.3. The molecule has 0 aromatic heterocycles. The van der Waals surface area contributed by atoms with Gasteiger partial charge in [0, 0.05) is 12.6 Å². The van der Waals surface area contributed by atoms with Gasteiger partial charge in [-0.1, -0.05) is 24.1 Å². The van der Waals surface area contributed by atoms with Crippen LogP contribution in [0.1, 0.15) is 36.8 Å². The summed E-state index contributed by atoms with van der Waals surface area (Å²) in [6.45, 7) is 5.34. The molecule has 0 radical (unpaired) electrons. The zero-order valence-electron chi connectivity index (χ0n) is 12.3. The molecule has 0 spiro atoms. The molecule has 0 aliphatic carbocycles. The summed E-state index contributed by atoms with van der Waals surface area (Å²) in [4.78, 5) is 0.389. The minimum Gasteiger partial charge on any atom is -0.314 e. The topological polar surface area (TPSA) is 58.2 Å². The Bertz CT molecular complexity index is 549. The Morgan fingerprint density at radius 1 is 1.30 bits per heavy atom. The molecule has 2 N–H and O–H groups in total. The van der Waals surface area contributed by atoms with Crippen LogP contribution in [0.5, 0.6) is 0 Å². The van der Waals surface area contributed by atoms with Crippen LogP contribution in [-0.2, 0) is 10.0 Å². The summed E-state index contributed by atoms with van der Waals surface area (Å²) in [6.07, 6.45) is 4.46. The number of piperidine rings is 1. The van der Waals surface area contributed by atoms with Crippen LogP contribution in [0.15, 0.2) is 23.1 Å². The predicted octanol–water partition coefficient (Wildman–Crippen LogP) is 2.11. The Morgan fingerprint density at radius 2 is 2.10 bits per heavy atom. The van der Waals surface area contributed by atoms with Crippen molar-refractivity contribution >= 4 is 10.0 Å². The largest absolute Gasteiger partial charge is 0.314 e. The molecule has 1 heterocycles. The molecule has 4 nitrogen and oxygen atoms in total. The van der Waals surface area contributed by atoms with Gasteiger partial charge in [-0.25, -0.2) is 13.1 Å². The van der Waals surface area contributed by atoms with Crippen LogP contribution in [0.2, 0.25) is 0 Å². The van der Waals surface area contributed by atoms with Crippen molar-refractivity contribution in [3.8, 4) is 0 Å². The second-order valence-electron chi connectivity index (χ2n) is 5.60. The van der Waals surface area contributed by atoms with Crippen molar-refractivity contribution in [2.45, 2.75) is 50.5 Å². The van der Waals surface area contributed by atoms with Crippen molar-refractivity contribution in [2.75, 3.05) is 13.1 Å². The molecule has 1 aromatic rings. The maximum Gasteiger partial charge on any atom is 0.240 e. The van der Waals surface area contributed by atoms with E-state index in [1.54, 1.807) is 6.07 Å². The molecule has 112 valence electrons. The average molecular weight is 296 g/mol.